The zero-order valence-corrected chi connectivity index (χ0v) is 24.6. The summed E-state index contributed by atoms with van der Waals surface area (Å²) in [5.41, 5.74) is 3.91. The minimum absolute atomic E-state index is 0.0424. The molecule has 6 rings (SSSR count). The van der Waals surface area contributed by atoms with Crippen LogP contribution in [0.25, 0.3) is 11.3 Å². The van der Waals surface area contributed by atoms with Crippen LogP contribution in [0.2, 0.25) is 5.02 Å². The van der Waals surface area contributed by atoms with E-state index in [9.17, 15) is 9.59 Å². The van der Waals surface area contributed by atoms with Gasteiger partial charge < -0.3 is 25.2 Å². The molecular weight excluding hydrogens is 574 g/mol. The van der Waals surface area contributed by atoms with Crippen LogP contribution in [0.1, 0.15) is 20.8 Å². The number of fused-ring (bicyclic) bond motifs is 3. The third-order valence-electron chi connectivity index (χ3n) is 7.31. The molecule has 2 N–H and O–H groups in total. The van der Waals surface area contributed by atoms with Gasteiger partial charge in [0.05, 0.1) is 28.6 Å². The fourth-order valence-corrected chi connectivity index (χ4v) is 5.99. The van der Waals surface area contributed by atoms with Crippen LogP contribution in [0.15, 0.2) is 61.4 Å². The van der Waals surface area contributed by atoms with Gasteiger partial charge in [0.15, 0.2) is 16.7 Å². The first kappa shape index (κ1) is 27.7. The second-order valence-electron chi connectivity index (χ2n) is 10.1. The first-order valence-electron chi connectivity index (χ1n) is 13.4. The maximum Gasteiger partial charge on any atom is 0.267 e. The number of thiazole rings is 1. The van der Waals surface area contributed by atoms with Crippen LogP contribution in [0, 0.1) is 13.8 Å². The number of nitrogens with one attached hydrogen (secondary N) is 2. The van der Waals surface area contributed by atoms with E-state index in [0.717, 1.165) is 22.5 Å². The van der Waals surface area contributed by atoms with E-state index in [1.165, 1.54) is 23.6 Å². The van der Waals surface area contributed by atoms with Crippen molar-refractivity contribution in [3.05, 3.63) is 82.5 Å². The molecule has 0 spiro atoms. The van der Waals surface area contributed by atoms with Crippen LogP contribution in [0.5, 0.6) is 5.75 Å². The number of para-hydroxylation sites is 1. The second-order valence-corrected chi connectivity index (χ2v) is 11.5. The number of pyridine rings is 2. The summed E-state index contributed by atoms with van der Waals surface area (Å²) in [6.07, 6.45) is 4.66. The number of aryl methyl sites for hydroxylation is 2. The normalized spacial score (nSPS) is 15.7. The molecule has 0 bridgehead atoms. The van der Waals surface area contributed by atoms with Crippen LogP contribution in [-0.4, -0.2) is 63.9 Å². The summed E-state index contributed by atoms with van der Waals surface area (Å²) in [5.74, 6) is 1.73. The van der Waals surface area contributed by atoms with Crippen molar-refractivity contribution in [1.29, 1.82) is 0 Å². The molecule has 5 heterocycles. The van der Waals surface area contributed by atoms with E-state index in [0.29, 0.717) is 64.2 Å². The Kier molecular flexibility index (Phi) is 7.53. The second kappa shape index (κ2) is 11.4. The number of rotatable bonds is 6. The molecule has 0 unspecified atom stereocenters. The van der Waals surface area contributed by atoms with Crippen molar-refractivity contribution in [3.63, 3.8) is 0 Å². The lowest BCUT2D eigenvalue weighted by Crippen LogP contribution is -2.58. The topological polar surface area (TPSA) is 113 Å². The van der Waals surface area contributed by atoms with Crippen molar-refractivity contribution >= 4 is 57.2 Å². The van der Waals surface area contributed by atoms with Crippen molar-refractivity contribution in [2.75, 3.05) is 41.8 Å². The molecule has 2 amide bonds. The molecule has 0 saturated carbocycles. The standard InChI is InChI=1S/C30H28ClN7O3S/c1-4-25(39)37-10-11-38-20(15-37)16-41-23-12-19(13-32-28(23)38)22-9-8-18(3)27(34-22)36-30-33-14-24(42-30)29(40)35-26-17(2)6-5-7-21(26)31/h4-9,12-14,20H,1,10-11,15-16H2,2-3H3,(H,35,40)(H,33,34,36)/t20-/m1/s1. The van der Waals surface area contributed by atoms with E-state index in [-0.39, 0.29) is 17.9 Å². The maximum absolute atomic E-state index is 12.9. The van der Waals surface area contributed by atoms with Gasteiger partial charge >= 0.3 is 0 Å². The highest BCUT2D eigenvalue weighted by atomic mass is 35.5. The van der Waals surface area contributed by atoms with Crippen LogP contribution >= 0.6 is 22.9 Å². The van der Waals surface area contributed by atoms with Gasteiger partial charge in [0.1, 0.15) is 17.3 Å². The number of piperazine rings is 1. The third kappa shape index (κ3) is 5.40. The Morgan fingerprint density at radius 1 is 1.14 bits per heavy atom. The van der Waals surface area contributed by atoms with Gasteiger partial charge in [-0.3, -0.25) is 9.59 Å². The molecular formula is C30H28ClN7O3S. The first-order chi connectivity index (χ1) is 20.3. The van der Waals surface area contributed by atoms with E-state index < -0.39 is 0 Å². The molecule has 10 nitrogen and oxygen atoms in total. The van der Waals surface area contributed by atoms with E-state index in [1.54, 1.807) is 17.2 Å². The maximum atomic E-state index is 12.9. The lowest BCUT2D eigenvalue weighted by molar-refractivity contribution is -0.127. The zero-order chi connectivity index (χ0) is 29.4. The molecule has 3 aromatic heterocycles. The zero-order valence-electron chi connectivity index (χ0n) is 23.1. The molecule has 42 heavy (non-hydrogen) atoms. The number of aromatic nitrogens is 3. The Balaban J connectivity index is 1.17. The number of carbonyl (C=O) groups is 2. The summed E-state index contributed by atoms with van der Waals surface area (Å²) in [5, 5.41) is 7.15. The molecule has 12 heteroatoms. The lowest BCUT2D eigenvalue weighted by atomic mass is 10.1. The number of carbonyl (C=O) groups excluding carboxylic acids is 2. The average molecular weight is 602 g/mol. The number of amides is 2. The molecule has 214 valence electrons. The van der Waals surface area contributed by atoms with Crippen molar-refractivity contribution in [2.24, 2.45) is 0 Å². The molecule has 1 fully saturated rings. The Morgan fingerprint density at radius 2 is 2.00 bits per heavy atom. The number of halogens is 1. The van der Waals surface area contributed by atoms with Gasteiger partial charge in [-0.1, -0.05) is 47.7 Å². The lowest BCUT2D eigenvalue weighted by Gasteiger charge is -2.44. The molecule has 1 atom stereocenters. The Hall–Kier alpha value is -4.48. The molecule has 2 aliphatic rings. The number of hydrogen-bond donors (Lipinski definition) is 2. The van der Waals surface area contributed by atoms with Gasteiger partial charge in [-0.15, -0.1) is 0 Å². The molecule has 0 aliphatic carbocycles. The van der Waals surface area contributed by atoms with Crippen LogP contribution in [0.4, 0.5) is 22.5 Å². The Morgan fingerprint density at radius 3 is 2.81 bits per heavy atom. The average Bonchev–Trinajstić information content (AvgIpc) is 3.47. The monoisotopic (exact) mass is 601 g/mol. The summed E-state index contributed by atoms with van der Waals surface area (Å²) in [4.78, 5) is 43.3. The number of benzene rings is 1. The van der Waals surface area contributed by atoms with Gasteiger partial charge in [0.25, 0.3) is 5.91 Å². The number of hydrogen-bond acceptors (Lipinski definition) is 9. The van der Waals surface area contributed by atoms with E-state index in [1.807, 2.05) is 44.2 Å². The predicted molar refractivity (Wildman–Crippen MR) is 165 cm³/mol. The summed E-state index contributed by atoms with van der Waals surface area (Å²) in [6, 6.07) is 11.4. The van der Waals surface area contributed by atoms with Crippen LogP contribution < -0.4 is 20.3 Å². The highest BCUT2D eigenvalue weighted by Crippen LogP contribution is 2.37. The highest BCUT2D eigenvalue weighted by molar-refractivity contribution is 7.17. The molecule has 2 aliphatic heterocycles. The van der Waals surface area contributed by atoms with Gasteiger partial charge in [-0.25, -0.2) is 15.0 Å². The number of ether oxygens (including phenoxy) is 1. The van der Waals surface area contributed by atoms with Gasteiger partial charge in [-0.2, -0.15) is 0 Å². The predicted octanol–water partition coefficient (Wildman–Crippen LogP) is 5.46. The van der Waals surface area contributed by atoms with E-state index in [2.05, 4.69) is 27.1 Å². The minimum atomic E-state index is -0.286. The van der Waals surface area contributed by atoms with Gasteiger partial charge in [0, 0.05) is 31.4 Å². The smallest absolute Gasteiger partial charge is 0.267 e. The molecule has 0 radical (unpaired) electrons. The molecule has 4 aromatic rings. The quantitative estimate of drug-likeness (QED) is 0.280. The summed E-state index contributed by atoms with van der Waals surface area (Å²) in [6.45, 7) is 9.75. The van der Waals surface area contributed by atoms with Gasteiger partial charge in [0.2, 0.25) is 5.91 Å². The van der Waals surface area contributed by atoms with Crippen molar-refractivity contribution in [1.82, 2.24) is 19.9 Å². The summed E-state index contributed by atoms with van der Waals surface area (Å²) >= 11 is 7.49. The highest BCUT2D eigenvalue weighted by Gasteiger charge is 2.35. The van der Waals surface area contributed by atoms with Crippen LogP contribution in [-0.2, 0) is 4.79 Å². The summed E-state index contributed by atoms with van der Waals surface area (Å²) < 4.78 is 6.08. The van der Waals surface area contributed by atoms with E-state index >= 15 is 0 Å². The van der Waals surface area contributed by atoms with Crippen LogP contribution in [0.3, 0.4) is 0 Å². The van der Waals surface area contributed by atoms with Crippen molar-refractivity contribution in [3.8, 4) is 17.0 Å². The fourth-order valence-electron chi connectivity index (χ4n) is 5.01. The van der Waals surface area contributed by atoms with Crippen molar-refractivity contribution in [2.45, 2.75) is 19.9 Å². The fraction of sp³-hybridized carbons (Fsp3) is 0.233. The third-order valence-corrected chi connectivity index (χ3v) is 8.54. The number of anilines is 4. The van der Waals surface area contributed by atoms with Crippen molar-refractivity contribution < 1.29 is 14.3 Å². The first-order valence-corrected chi connectivity index (χ1v) is 14.6. The largest absolute Gasteiger partial charge is 0.487 e. The summed E-state index contributed by atoms with van der Waals surface area (Å²) in [7, 11) is 0. The Bertz CT molecular complexity index is 1690. The minimum Gasteiger partial charge on any atom is -0.487 e. The SMILES string of the molecule is C=CC(=O)N1CCN2c3ncc(-c4ccc(C)c(Nc5ncc(C(=O)Nc6c(C)cccc6Cl)s5)n4)cc3OC[C@H]2C1. The van der Waals surface area contributed by atoms with E-state index in [4.69, 9.17) is 26.3 Å². The Labute approximate surface area is 252 Å². The van der Waals surface area contributed by atoms with Gasteiger partial charge in [-0.05, 0) is 49.2 Å². The number of nitrogens with zero attached hydrogens (tertiary/aromatic N) is 5. The molecule has 1 aromatic carbocycles. The molecule has 1 saturated heterocycles.